The lowest BCUT2D eigenvalue weighted by Crippen LogP contribution is -2.32. The van der Waals surface area contributed by atoms with Gasteiger partial charge in [-0.15, -0.1) is 0 Å². The summed E-state index contributed by atoms with van der Waals surface area (Å²) in [6.07, 6.45) is 6.25. The highest BCUT2D eigenvalue weighted by atomic mass is 32.1. The number of carbonyl (C=O) groups is 1. The maximum absolute atomic E-state index is 12.5. The van der Waals surface area contributed by atoms with Crippen molar-refractivity contribution in [3.8, 4) is 0 Å². The van der Waals surface area contributed by atoms with Crippen LogP contribution in [0.5, 0.6) is 0 Å². The Labute approximate surface area is 181 Å². The molecule has 0 saturated carbocycles. The highest BCUT2D eigenvalue weighted by molar-refractivity contribution is 7.80. The first-order chi connectivity index (χ1) is 14.5. The minimum atomic E-state index is -0.0683. The van der Waals surface area contributed by atoms with Crippen molar-refractivity contribution < 1.29 is 4.79 Å². The maximum atomic E-state index is 12.5. The molecule has 30 heavy (non-hydrogen) atoms. The molecule has 1 fully saturated rings. The van der Waals surface area contributed by atoms with Crippen molar-refractivity contribution in [3.63, 3.8) is 0 Å². The van der Waals surface area contributed by atoms with Gasteiger partial charge in [0.05, 0.1) is 17.8 Å². The summed E-state index contributed by atoms with van der Waals surface area (Å²) >= 11 is 5.65. The van der Waals surface area contributed by atoms with Crippen LogP contribution in [0.4, 0.5) is 5.69 Å². The molecule has 0 radical (unpaired) electrons. The van der Waals surface area contributed by atoms with Gasteiger partial charge in [0.1, 0.15) is 0 Å². The van der Waals surface area contributed by atoms with Crippen LogP contribution in [0.2, 0.25) is 0 Å². The second kappa shape index (κ2) is 8.67. The lowest BCUT2D eigenvalue weighted by atomic mass is 9.99. The summed E-state index contributed by atoms with van der Waals surface area (Å²) in [4.78, 5) is 19.2. The Morgan fingerprint density at radius 3 is 2.67 bits per heavy atom. The van der Waals surface area contributed by atoms with Crippen LogP contribution in [0.25, 0.3) is 0 Å². The Morgan fingerprint density at radius 1 is 1.20 bits per heavy atom. The van der Waals surface area contributed by atoms with E-state index in [1.54, 1.807) is 6.20 Å². The number of nitrogens with one attached hydrogen (secondary N) is 2. The van der Waals surface area contributed by atoms with Gasteiger partial charge in [-0.25, -0.2) is 0 Å². The number of nitrogens with zero attached hydrogens (tertiary/aromatic N) is 3. The molecule has 1 saturated heterocycles. The van der Waals surface area contributed by atoms with Crippen molar-refractivity contribution >= 4 is 28.9 Å². The van der Waals surface area contributed by atoms with Gasteiger partial charge in [0.2, 0.25) is 5.91 Å². The first-order valence-electron chi connectivity index (χ1n) is 9.98. The van der Waals surface area contributed by atoms with E-state index in [-0.39, 0.29) is 18.0 Å². The van der Waals surface area contributed by atoms with Crippen LogP contribution >= 0.6 is 12.2 Å². The standard InChI is InChI=1S/C23H25N5OS/c1-16-6-8-18(9-7-16)25-20(29)11-14-28-22(17-10-13-27(2)15-17)21(26-23(28)30)19-5-3-4-12-24-19/h3-10,12-13,15,21-22H,11,14H2,1-2H3,(H,25,29)(H,26,30)/t21-,22+/m0/s1. The number of amides is 1. The number of pyridine rings is 1. The van der Waals surface area contributed by atoms with Gasteiger partial charge in [0.15, 0.2) is 5.11 Å². The third-order valence-corrected chi connectivity index (χ3v) is 5.66. The van der Waals surface area contributed by atoms with Crippen molar-refractivity contribution in [3.05, 3.63) is 83.9 Å². The molecule has 0 bridgehead atoms. The molecule has 2 aromatic heterocycles. The lowest BCUT2D eigenvalue weighted by Gasteiger charge is -2.27. The van der Waals surface area contributed by atoms with Gasteiger partial charge >= 0.3 is 0 Å². The predicted octanol–water partition coefficient (Wildman–Crippen LogP) is 3.73. The molecule has 2 N–H and O–H groups in total. The van der Waals surface area contributed by atoms with E-state index in [1.807, 2.05) is 67.2 Å². The molecule has 7 heteroatoms. The number of hydrogen-bond donors (Lipinski definition) is 2. The van der Waals surface area contributed by atoms with Crippen molar-refractivity contribution in [2.24, 2.45) is 7.05 Å². The molecule has 1 aliphatic heterocycles. The molecule has 1 aromatic carbocycles. The summed E-state index contributed by atoms with van der Waals surface area (Å²) in [6.45, 7) is 2.54. The summed E-state index contributed by atoms with van der Waals surface area (Å²) in [7, 11) is 2.00. The molecule has 6 nitrogen and oxygen atoms in total. The van der Waals surface area contributed by atoms with Gasteiger partial charge < -0.3 is 20.1 Å². The monoisotopic (exact) mass is 419 g/mol. The number of aromatic nitrogens is 2. The number of anilines is 1. The summed E-state index contributed by atoms with van der Waals surface area (Å²) < 4.78 is 2.02. The van der Waals surface area contributed by atoms with Gasteiger partial charge in [-0.05, 0) is 55.0 Å². The maximum Gasteiger partial charge on any atom is 0.226 e. The molecule has 154 valence electrons. The average Bonchev–Trinajstić information content (AvgIpc) is 3.31. The van der Waals surface area contributed by atoms with E-state index in [4.69, 9.17) is 12.2 Å². The first kappa shape index (κ1) is 20.1. The molecule has 1 amide bonds. The Bertz CT molecular complexity index is 1030. The van der Waals surface area contributed by atoms with Gasteiger partial charge in [-0.3, -0.25) is 9.78 Å². The number of thiocarbonyl (C=S) groups is 1. The summed E-state index contributed by atoms with van der Waals surface area (Å²) in [5.74, 6) is -0.0326. The van der Waals surface area contributed by atoms with E-state index in [9.17, 15) is 4.79 Å². The SMILES string of the molecule is Cc1ccc(NC(=O)CCN2C(=S)N[C@@H](c3ccccn3)[C@H]2c2ccn(C)c2)cc1. The van der Waals surface area contributed by atoms with Gasteiger partial charge in [-0.2, -0.15) is 0 Å². The summed E-state index contributed by atoms with van der Waals surface area (Å²) in [5, 5.41) is 7.02. The number of benzene rings is 1. The Hall–Kier alpha value is -3.19. The molecular formula is C23H25N5OS. The van der Waals surface area contributed by atoms with Crippen LogP contribution in [0.15, 0.2) is 67.1 Å². The first-order valence-corrected chi connectivity index (χ1v) is 10.4. The van der Waals surface area contributed by atoms with E-state index < -0.39 is 0 Å². The van der Waals surface area contributed by atoms with Gasteiger partial charge in [-0.1, -0.05) is 23.8 Å². The second-order valence-corrected chi connectivity index (χ2v) is 7.98. The Morgan fingerprint density at radius 2 is 2.00 bits per heavy atom. The van der Waals surface area contributed by atoms with Gasteiger partial charge in [0.25, 0.3) is 0 Å². The Balaban J connectivity index is 1.51. The highest BCUT2D eigenvalue weighted by Gasteiger charge is 2.40. The van der Waals surface area contributed by atoms with E-state index in [0.717, 1.165) is 22.5 Å². The van der Waals surface area contributed by atoms with Crippen molar-refractivity contribution in [2.45, 2.75) is 25.4 Å². The molecule has 3 heterocycles. The third kappa shape index (κ3) is 4.36. The highest BCUT2D eigenvalue weighted by Crippen LogP contribution is 2.38. The van der Waals surface area contributed by atoms with E-state index in [2.05, 4.69) is 32.8 Å². The van der Waals surface area contributed by atoms with Crippen LogP contribution in [-0.2, 0) is 11.8 Å². The second-order valence-electron chi connectivity index (χ2n) is 7.59. The molecule has 1 aliphatic rings. The minimum Gasteiger partial charge on any atom is -0.357 e. The van der Waals surface area contributed by atoms with Crippen molar-refractivity contribution in [1.29, 1.82) is 0 Å². The molecule has 3 aromatic rings. The number of rotatable bonds is 6. The molecular weight excluding hydrogens is 394 g/mol. The van der Waals surface area contributed by atoms with E-state index in [1.165, 1.54) is 0 Å². The number of carbonyl (C=O) groups excluding carboxylic acids is 1. The van der Waals surface area contributed by atoms with Crippen molar-refractivity contribution in [2.75, 3.05) is 11.9 Å². The van der Waals surface area contributed by atoms with Crippen LogP contribution in [0.1, 0.15) is 35.3 Å². The minimum absolute atomic E-state index is 0.0271. The summed E-state index contributed by atoms with van der Waals surface area (Å²) in [6, 6.07) is 15.7. The third-order valence-electron chi connectivity index (χ3n) is 5.31. The lowest BCUT2D eigenvalue weighted by molar-refractivity contribution is -0.116. The van der Waals surface area contributed by atoms with Crippen LogP contribution in [-0.4, -0.2) is 32.0 Å². The predicted molar refractivity (Wildman–Crippen MR) is 122 cm³/mol. The molecule has 4 rings (SSSR count). The fourth-order valence-electron chi connectivity index (χ4n) is 3.79. The van der Waals surface area contributed by atoms with E-state index >= 15 is 0 Å². The zero-order chi connectivity index (χ0) is 21.1. The fourth-order valence-corrected chi connectivity index (χ4v) is 4.12. The summed E-state index contributed by atoms with van der Waals surface area (Å²) in [5.41, 5.74) is 4.03. The average molecular weight is 420 g/mol. The molecule has 0 spiro atoms. The quantitative estimate of drug-likeness (QED) is 0.596. The normalized spacial score (nSPS) is 18.3. The smallest absolute Gasteiger partial charge is 0.226 e. The molecule has 0 aliphatic carbocycles. The topological polar surface area (TPSA) is 62.2 Å². The zero-order valence-corrected chi connectivity index (χ0v) is 17.9. The van der Waals surface area contributed by atoms with Crippen LogP contribution in [0, 0.1) is 6.92 Å². The van der Waals surface area contributed by atoms with Crippen LogP contribution in [0.3, 0.4) is 0 Å². The largest absolute Gasteiger partial charge is 0.357 e. The number of hydrogen-bond acceptors (Lipinski definition) is 3. The molecule has 0 unspecified atom stereocenters. The van der Waals surface area contributed by atoms with Crippen LogP contribution < -0.4 is 10.6 Å². The molecule has 2 atom stereocenters. The Kier molecular flexibility index (Phi) is 5.81. The van der Waals surface area contributed by atoms with Crippen molar-refractivity contribution in [1.82, 2.24) is 19.8 Å². The zero-order valence-electron chi connectivity index (χ0n) is 17.1. The fraction of sp³-hybridized carbons (Fsp3) is 0.261. The van der Waals surface area contributed by atoms with E-state index in [0.29, 0.717) is 18.1 Å². The number of aryl methyl sites for hydroxylation is 2. The van der Waals surface area contributed by atoms with Gasteiger partial charge in [0, 0.05) is 44.3 Å².